The minimum Gasteiger partial charge on any atom is -0.335 e. The zero-order chi connectivity index (χ0) is 24.6. The molecular weight excluding hydrogens is 486 g/mol. The Morgan fingerprint density at radius 2 is 1.91 bits per heavy atom. The summed E-state index contributed by atoms with van der Waals surface area (Å²) in [5, 5.41) is 3.04. The molecule has 35 heavy (non-hydrogen) atoms. The Hall–Kier alpha value is -3.70. The van der Waals surface area contributed by atoms with Crippen LogP contribution in [0.25, 0.3) is 10.9 Å². The van der Waals surface area contributed by atoms with E-state index in [4.69, 9.17) is 0 Å². The summed E-state index contributed by atoms with van der Waals surface area (Å²) in [4.78, 5) is 33.0. The number of carbonyl (C=O) groups excluding carboxylic acids is 2. The Labute approximate surface area is 208 Å². The third kappa shape index (κ3) is 4.64. The van der Waals surface area contributed by atoms with E-state index in [0.29, 0.717) is 18.8 Å². The summed E-state index contributed by atoms with van der Waals surface area (Å²) < 4.78 is 29.5. The molecule has 1 aliphatic heterocycles. The Kier molecular flexibility index (Phi) is 6.03. The zero-order valence-corrected chi connectivity index (χ0v) is 20.6. The highest BCUT2D eigenvalue weighted by molar-refractivity contribution is 7.93. The van der Waals surface area contributed by atoms with E-state index in [1.807, 2.05) is 41.8 Å². The molecule has 1 aliphatic rings. The van der Waals surface area contributed by atoms with E-state index in [-0.39, 0.29) is 36.4 Å². The van der Waals surface area contributed by atoms with Crippen LogP contribution >= 0.6 is 11.3 Å². The molecule has 2 aromatic carbocycles. The van der Waals surface area contributed by atoms with Crippen molar-refractivity contribution in [3.63, 3.8) is 0 Å². The fourth-order valence-corrected chi connectivity index (χ4v) is 5.99. The molecule has 1 N–H and O–H groups in total. The monoisotopic (exact) mass is 511 g/mol. The molecule has 0 aliphatic carbocycles. The second-order valence-electron chi connectivity index (χ2n) is 8.23. The van der Waals surface area contributed by atoms with E-state index < -0.39 is 10.0 Å². The van der Waals surface area contributed by atoms with Gasteiger partial charge in [-0.25, -0.2) is 13.4 Å². The highest BCUT2D eigenvalue weighted by atomic mass is 32.2. The number of nitrogens with zero attached hydrogens (tertiary/aromatic N) is 4. The van der Waals surface area contributed by atoms with Crippen LogP contribution < -0.4 is 9.62 Å². The summed E-state index contributed by atoms with van der Waals surface area (Å²) in [6.45, 7) is 2.84. The van der Waals surface area contributed by atoms with Crippen LogP contribution in [0.3, 0.4) is 0 Å². The molecule has 0 unspecified atom stereocenters. The molecule has 0 spiro atoms. The smallest absolute Gasteiger partial charge is 0.263 e. The largest absolute Gasteiger partial charge is 0.335 e. The quantitative estimate of drug-likeness (QED) is 0.428. The molecule has 1 fully saturated rings. The maximum atomic E-state index is 13.0. The summed E-state index contributed by atoms with van der Waals surface area (Å²) in [5.41, 5.74) is 2.56. The summed E-state index contributed by atoms with van der Waals surface area (Å²) >= 11 is 1.19. The first kappa shape index (κ1) is 23.1. The SMILES string of the molecule is Cc1cc2ccccc2n1CC(=O)N1CCN(c2ccc(S(=O)(=O)Nc3nccs3)cc2)C(=O)C1.[HH]. The predicted octanol–water partition coefficient (Wildman–Crippen LogP) is 3.33. The molecule has 4 aromatic rings. The van der Waals surface area contributed by atoms with Gasteiger partial charge in [-0.15, -0.1) is 11.3 Å². The Morgan fingerprint density at radius 1 is 1.14 bits per heavy atom. The number of aryl methyl sites for hydroxylation is 1. The average Bonchev–Trinajstić information content (AvgIpc) is 3.46. The lowest BCUT2D eigenvalue weighted by atomic mass is 10.2. The van der Waals surface area contributed by atoms with Gasteiger partial charge in [-0.3, -0.25) is 14.3 Å². The number of hydrogen-bond donors (Lipinski definition) is 1. The van der Waals surface area contributed by atoms with Crippen LogP contribution in [0.5, 0.6) is 0 Å². The minimum absolute atomic E-state index is 0. The molecule has 11 heteroatoms. The summed E-state index contributed by atoms with van der Waals surface area (Å²) in [6, 6.07) is 16.0. The number of para-hydroxylation sites is 1. The van der Waals surface area contributed by atoms with Crippen LogP contribution in [0, 0.1) is 6.92 Å². The number of hydrogen-bond acceptors (Lipinski definition) is 6. The summed E-state index contributed by atoms with van der Waals surface area (Å²) in [6.07, 6.45) is 1.52. The van der Waals surface area contributed by atoms with Crippen molar-refractivity contribution in [2.24, 2.45) is 0 Å². The number of thiazole rings is 1. The van der Waals surface area contributed by atoms with Crippen LogP contribution in [0.15, 0.2) is 71.1 Å². The van der Waals surface area contributed by atoms with E-state index in [2.05, 4.69) is 9.71 Å². The van der Waals surface area contributed by atoms with Gasteiger partial charge >= 0.3 is 0 Å². The molecule has 2 amide bonds. The lowest BCUT2D eigenvalue weighted by Crippen LogP contribution is -2.53. The van der Waals surface area contributed by atoms with Crippen LogP contribution in [-0.2, 0) is 26.2 Å². The number of piperazine rings is 1. The van der Waals surface area contributed by atoms with Gasteiger partial charge in [0.15, 0.2) is 5.13 Å². The van der Waals surface area contributed by atoms with E-state index in [0.717, 1.165) is 16.6 Å². The van der Waals surface area contributed by atoms with Crippen LogP contribution in [0.4, 0.5) is 10.8 Å². The lowest BCUT2D eigenvalue weighted by molar-refractivity contribution is -0.137. The molecular formula is C24H25N5O4S2. The molecule has 9 nitrogen and oxygen atoms in total. The van der Waals surface area contributed by atoms with Gasteiger partial charge in [-0.05, 0) is 48.7 Å². The minimum atomic E-state index is -3.77. The normalized spacial score (nSPS) is 14.5. The van der Waals surface area contributed by atoms with Gasteiger partial charge in [-0.1, -0.05) is 18.2 Å². The number of carbonyl (C=O) groups is 2. The molecule has 3 heterocycles. The third-order valence-corrected chi connectivity index (χ3v) is 8.17. The molecule has 0 saturated carbocycles. The van der Waals surface area contributed by atoms with Crippen molar-refractivity contribution in [1.29, 1.82) is 0 Å². The number of aromatic nitrogens is 2. The van der Waals surface area contributed by atoms with E-state index in [1.165, 1.54) is 29.7 Å². The number of fused-ring (bicyclic) bond motifs is 1. The molecule has 0 radical (unpaired) electrons. The van der Waals surface area contributed by atoms with Gasteiger partial charge in [0, 0.05) is 43.0 Å². The zero-order valence-electron chi connectivity index (χ0n) is 18.9. The molecule has 2 aromatic heterocycles. The maximum absolute atomic E-state index is 13.0. The van der Waals surface area contributed by atoms with Crippen molar-refractivity contribution in [1.82, 2.24) is 14.5 Å². The second kappa shape index (κ2) is 9.16. The summed E-state index contributed by atoms with van der Waals surface area (Å²) in [7, 11) is -3.77. The van der Waals surface area contributed by atoms with E-state index >= 15 is 0 Å². The van der Waals surface area contributed by atoms with Crippen molar-refractivity contribution in [3.8, 4) is 0 Å². The number of sulfonamides is 1. The summed E-state index contributed by atoms with van der Waals surface area (Å²) in [5.74, 6) is -0.327. The van der Waals surface area contributed by atoms with Crippen molar-refractivity contribution in [2.75, 3.05) is 29.3 Å². The second-order valence-corrected chi connectivity index (χ2v) is 10.8. The first-order valence-corrected chi connectivity index (χ1v) is 13.3. The number of rotatable bonds is 6. The molecule has 0 bridgehead atoms. The van der Waals surface area contributed by atoms with Crippen molar-refractivity contribution < 1.29 is 19.4 Å². The topological polar surface area (TPSA) is 105 Å². The first-order chi connectivity index (χ1) is 16.8. The maximum Gasteiger partial charge on any atom is 0.263 e. The van der Waals surface area contributed by atoms with E-state index in [1.54, 1.807) is 27.3 Å². The van der Waals surface area contributed by atoms with Crippen molar-refractivity contribution in [3.05, 3.63) is 71.9 Å². The lowest BCUT2D eigenvalue weighted by Gasteiger charge is -2.34. The van der Waals surface area contributed by atoms with Crippen LogP contribution in [-0.4, -0.2) is 54.3 Å². The Morgan fingerprint density at radius 3 is 2.63 bits per heavy atom. The van der Waals surface area contributed by atoms with Crippen LogP contribution in [0.2, 0.25) is 0 Å². The van der Waals surface area contributed by atoms with Crippen LogP contribution in [0.1, 0.15) is 7.12 Å². The van der Waals surface area contributed by atoms with Gasteiger partial charge < -0.3 is 14.4 Å². The highest BCUT2D eigenvalue weighted by Crippen LogP contribution is 2.23. The van der Waals surface area contributed by atoms with Gasteiger partial charge in [0.2, 0.25) is 11.8 Å². The average molecular weight is 512 g/mol. The van der Waals surface area contributed by atoms with E-state index in [9.17, 15) is 18.0 Å². The molecule has 182 valence electrons. The molecule has 5 rings (SSSR count). The van der Waals surface area contributed by atoms with Gasteiger partial charge in [0.05, 0.1) is 4.90 Å². The Bertz CT molecular complexity index is 1500. The number of amides is 2. The standard InChI is InChI=1S/C24H23N5O4S2.H2/c1-17-14-18-4-2-3-5-21(18)29(17)16-22(30)27-11-12-28(23(31)15-27)19-6-8-20(9-7-19)35(32,33)26-24-25-10-13-34-24;/h2-10,13-14H,11-12,15-16H2,1H3,(H,25,26);1H. The predicted molar refractivity (Wildman–Crippen MR) is 137 cm³/mol. The molecule has 1 saturated heterocycles. The fourth-order valence-electron chi connectivity index (χ4n) is 4.21. The van der Waals surface area contributed by atoms with Gasteiger partial charge in [-0.2, -0.15) is 0 Å². The molecule has 0 atom stereocenters. The first-order valence-electron chi connectivity index (χ1n) is 11.0. The van der Waals surface area contributed by atoms with Crippen molar-refractivity contribution in [2.45, 2.75) is 18.4 Å². The third-order valence-electron chi connectivity index (χ3n) is 6.00. The Balaban J connectivity index is 0.00000304. The fraction of sp³-hybridized carbons (Fsp3) is 0.208. The van der Waals surface area contributed by atoms with Crippen molar-refractivity contribution >= 4 is 54.9 Å². The van der Waals surface area contributed by atoms with Gasteiger partial charge in [0.1, 0.15) is 13.1 Å². The number of benzene rings is 2. The highest BCUT2D eigenvalue weighted by Gasteiger charge is 2.29. The number of anilines is 2. The number of nitrogens with one attached hydrogen (secondary N) is 1. The van der Waals surface area contributed by atoms with Gasteiger partial charge in [0.25, 0.3) is 10.0 Å².